The van der Waals surface area contributed by atoms with E-state index in [0.717, 1.165) is 10.0 Å². The first-order valence-corrected chi connectivity index (χ1v) is 7.76. The molecule has 0 spiro atoms. The van der Waals surface area contributed by atoms with Crippen molar-refractivity contribution in [2.24, 2.45) is 0 Å². The van der Waals surface area contributed by atoms with E-state index in [4.69, 9.17) is 14.2 Å². The normalized spacial score (nSPS) is 21.3. The molecule has 1 aliphatic rings. The van der Waals surface area contributed by atoms with E-state index in [1.165, 1.54) is 0 Å². The van der Waals surface area contributed by atoms with E-state index in [1.807, 2.05) is 30.3 Å². The quantitative estimate of drug-likeness (QED) is 0.780. The Hall–Kier alpha value is -1.69. The highest BCUT2D eigenvalue weighted by molar-refractivity contribution is 9.10. The third kappa shape index (κ3) is 3.74. The first-order chi connectivity index (χ1) is 10.7. The van der Waals surface area contributed by atoms with Crippen LogP contribution in [0.15, 0.2) is 59.1 Å². The van der Waals surface area contributed by atoms with Crippen molar-refractivity contribution in [2.75, 3.05) is 13.2 Å². The molecule has 0 aliphatic carbocycles. The van der Waals surface area contributed by atoms with Gasteiger partial charge < -0.3 is 14.2 Å². The van der Waals surface area contributed by atoms with E-state index in [0.29, 0.717) is 18.8 Å². The Bertz CT molecular complexity index is 619. The number of esters is 1. The van der Waals surface area contributed by atoms with Crippen LogP contribution in [0.3, 0.4) is 0 Å². The smallest absolute Gasteiger partial charge is 0.338 e. The molecule has 0 aromatic heterocycles. The van der Waals surface area contributed by atoms with Crippen molar-refractivity contribution in [1.29, 1.82) is 0 Å². The Labute approximate surface area is 137 Å². The second-order valence-electron chi connectivity index (χ2n) is 4.94. The molecule has 4 nitrogen and oxygen atoms in total. The summed E-state index contributed by atoms with van der Waals surface area (Å²) >= 11 is 3.33. The molecule has 114 valence electrons. The summed E-state index contributed by atoms with van der Waals surface area (Å²) in [6.07, 6.45) is -0.792. The van der Waals surface area contributed by atoms with Gasteiger partial charge in [-0.25, -0.2) is 4.79 Å². The topological polar surface area (TPSA) is 44.8 Å². The minimum Gasteiger partial charge on any atom is -0.454 e. The van der Waals surface area contributed by atoms with E-state index in [9.17, 15) is 4.79 Å². The van der Waals surface area contributed by atoms with E-state index in [1.54, 1.807) is 24.3 Å². The van der Waals surface area contributed by atoms with Gasteiger partial charge in [0.05, 0.1) is 18.8 Å². The Morgan fingerprint density at radius 2 is 1.64 bits per heavy atom. The van der Waals surface area contributed by atoms with Crippen molar-refractivity contribution in [2.45, 2.75) is 12.4 Å². The standard InChI is InChI=1S/C17H15BrO4/c18-14-8-6-12(7-9-14)16(19)22-15-10-20-17(21-11-15)13-4-2-1-3-5-13/h1-9,15,17H,10-11H2. The van der Waals surface area contributed by atoms with Crippen LogP contribution in [0, 0.1) is 0 Å². The lowest BCUT2D eigenvalue weighted by Gasteiger charge is -2.29. The maximum absolute atomic E-state index is 12.0. The van der Waals surface area contributed by atoms with Crippen molar-refractivity contribution in [3.8, 4) is 0 Å². The molecule has 0 radical (unpaired) electrons. The number of benzene rings is 2. The predicted octanol–water partition coefficient (Wildman–Crippen LogP) is 3.72. The molecule has 5 heteroatoms. The average molecular weight is 363 g/mol. The number of rotatable bonds is 3. The van der Waals surface area contributed by atoms with E-state index < -0.39 is 12.4 Å². The minimum atomic E-state index is -0.399. The first kappa shape index (κ1) is 15.2. The number of hydrogen-bond donors (Lipinski definition) is 0. The molecule has 2 aromatic carbocycles. The van der Waals surface area contributed by atoms with Gasteiger partial charge in [0, 0.05) is 10.0 Å². The highest BCUT2D eigenvalue weighted by atomic mass is 79.9. The van der Waals surface area contributed by atoms with Gasteiger partial charge in [0.15, 0.2) is 6.29 Å². The Morgan fingerprint density at radius 3 is 2.27 bits per heavy atom. The molecule has 1 fully saturated rings. The Balaban J connectivity index is 1.53. The van der Waals surface area contributed by atoms with Crippen molar-refractivity contribution in [3.63, 3.8) is 0 Å². The molecule has 2 aromatic rings. The number of hydrogen-bond acceptors (Lipinski definition) is 4. The average Bonchev–Trinajstić information content (AvgIpc) is 2.57. The predicted molar refractivity (Wildman–Crippen MR) is 84.4 cm³/mol. The second-order valence-corrected chi connectivity index (χ2v) is 5.86. The zero-order chi connectivity index (χ0) is 15.4. The summed E-state index contributed by atoms with van der Waals surface area (Å²) in [6.45, 7) is 0.643. The fourth-order valence-corrected chi connectivity index (χ4v) is 2.43. The van der Waals surface area contributed by atoms with E-state index in [-0.39, 0.29) is 5.97 Å². The van der Waals surface area contributed by atoms with Crippen LogP contribution >= 0.6 is 15.9 Å². The highest BCUT2D eigenvalue weighted by Gasteiger charge is 2.26. The van der Waals surface area contributed by atoms with Crippen molar-refractivity contribution in [3.05, 3.63) is 70.2 Å². The molecule has 1 heterocycles. The van der Waals surface area contributed by atoms with Gasteiger partial charge in [0.25, 0.3) is 0 Å². The maximum Gasteiger partial charge on any atom is 0.338 e. The summed E-state index contributed by atoms with van der Waals surface area (Å²) in [5.41, 5.74) is 1.47. The maximum atomic E-state index is 12.0. The molecule has 0 amide bonds. The Morgan fingerprint density at radius 1 is 1.00 bits per heavy atom. The highest BCUT2D eigenvalue weighted by Crippen LogP contribution is 2.24. The lowest BCUT2D eigenvalue weighted by Crippen LogP contribution is -2.35. The van der Waals surface area contributed by atoms with Crippen LogP contribution in [0.5, 0.6) is 0 Å². The molecule has 0 saturated carbocycles. The summed E-state index contributed by atoms with van der Waals surface area (Å²) in [7, 11) is 0. The van der Waals surface area contributed by atoms with Crippen LogP contribution in [-0.2, 0) is 14.2 Å². The largest absolute Gasteiger partial charge is 0.454 e. The van der Waals surface area contributed by atoms with Crippen LogP contribution < -0.4 is 0 Å². The summed E-state index contributed by atoms with van der Waals surface area (Å²) in [5.74, 6) is -0.372. The van der Waals surface area contributed by atoms with Crippen LogP contribution in [0.25, 0.3) is 0 Å². The summed E-state index contributed by atoms with van der Waals surface area (Å²) < 4.78 is 17.6. The number of ether oxygens (including phenoxy) is 3. The molecule has 1 aliphatic heterocycles. The van der Waals surface area contributed by atoms with E-state index >= 15 is 0 Å². The number of carbonyl (C=O) groups is 1. The molecular formula is C17H15BrO4. The zero-order valence-electron chi connectivity index (χ0n) is 11.8. The van der Waals surface area contributed by atoms with Crippen molar-refractivity contribution < 1.29 is 19.0 Å². The summed E-state index contributed by atoms with van der Waals surface area (Å²) in [6, 6.07) is 16.7. The second kappa shape index (κ2) is 7.05. The lowest BCUT2D eigenvalue weighted by atomic mass is 10.2. The fraction of sp³-hybridized carbons (Fsp3) is 0.235. The molecule has 0 unspecified atom stereocenters. The van der Waals surface area contributed by atoms with Gasteiger partial charge in [-0.3, -0.25) is 0 Å². The Kier molecular flexibility index (Phi) is 4.87. The summed E-state index contributed by atoms with van der Waals surface area (Å²) in [4.78, 5) is 12.0. The third-order valence-corrected chi connectivity index (χ3v) is 3.82. The molecular weight excluding hydrogens is 348 g/mol. The van der Waals surface area contributed by atoms with Crippen molar-refractivity contribution in [1.82, 2.24) is 0 Å². The molecule has 0 atom stereocenters. The fourth-order valence-electron chi connectivity index (χ4n) is 2.16. The van der Waals surface area contributed by atoms with Gasteiger partial charge in [-0.2, -0.15) is 0 Å². The van der Waals surface area contributed by atoms with Crippen LogP contribution in [0.2, 0.25) is 0 Å². The van der Waals surface area contributed by atoms with Crippen LogP contribution in [0.1, 0.15) is 22.2 Å². The molecule has 3 rings (SSSR count). The third-order valence-electron chi connectivity index (χ3n) is 3.29. The van der Waals surface area contributed by atoms with Gasteiger partial charge in [-0.1, -0.05) is 46.3 Å². The molecule has 1 saturated heterocycles. The van der Waals surface area contributed by atoms with Gasteiger partial charge in [0.1, 0.15) is 6.10 Å². The lowest BCUT2D eigenvalue weighted by molar-refractivity contribution is -0.220. The van der Waals surface area contributed by atoms with Crippen molar-refractivity contribution >= 4 is 21.9 Å². The molecule has 22 heavy (non-hydrogen) atoms. The summed E-state index contributed by atoms with van der Waals surface area (Å²) in [5, 5.41) is 0. The van der Waals surface area contributed by atoms with Crippen LogP contribution in [0.4, 0.5) is 0 Å². The van der Waals surface area contributed by atoms with Crippen LogP contribution in [-0.4, -0.2) is 25.3 Å². The molecule has 0 bridgehead atoms. The minimum absolute atomic E-state index is 0.321. The monoisotopic (exact) mass is 362 g/mol. The number of halogens is 1. The first-order valence-electron chi connectivity index (χ1n) is 6.97. The SMILES string of the molecule is O=C(OC1COC(c2ccccc2)OC1)c1ccc(Br)cc1. The van der Waals surface area contributed by atoms with E-state index in [2.05, 4.69) is 15.9 Å². The van der Waals surface area contributed by atoms with Gasteiger partial charge in [-0.15, -0.1) is 0 Å². The number of carbonyl (C=O) groups excluding carboxylic acids is 1. The van der Waals surface area contributed by atoms with Gasteiger partial charge >= 0.3 is 5.97 Å². The van der Waals surface area contributed by atoms with Gasteiger partial charge in [-0.05, 0) is 24.3 Å². The van der Waals surface area contributed by atoms with Gasteiger partial charge in [0.2, 0.25) is 0 Å². The molecule has 0 N–H and O–H groups in total. The zero-order valence-corrected chi connectivity index (χ0v) is 13.4.